The minimum absolute atomic E-state index is 0.00361. The van der Waals surface area contributed by atoms with Gasteiger partial charge in [-0.05, 0) is 32.6 Å². The minimum atomic E-state index is -1.64. The zero-order valence-electron chi connectivity index (χ0n) is 15.2. The molecule has 3 rings (SSSR count). The summed E-state index contributed by atoms with van der Waals surface area (Å²) in [5.74, 6) is -1.75. The van der Waals surface area contributed by atoms with Crippen LogP contribution in [-0.2, 0) is 23.7 Å². The van der Waals surface area contributed by atoms with Crippen LogP contribution in [0.1, 0.15) is 40.5 Å². The summed E-state index contributed by atoms with van der Waals surface area (Å²) in [6.45, 7) is 7.89. The zero-order chi connectivity index (χ0) is 17.8. The second-order valence-corrected chi connectivity index (χ2v) is 7.97. The van der Waals surface area contributed by atoms with Crippen molar-refractivity contribution in [2.24, 2.45) is 5.92 Å². The standard InChI is InChI=1S/C17H30O7/c1-10(2)6-7-12-14(23-12)17(19)13(20-5)11(18)8-21-16(17)9-22-15(3,4)24-16/h10-14,18-19H,6-9H2,1-5H3/t11-,12-,13-,14-,16+,17+/m1/s1. The molecule has 0 amide bonds. The van der Waals surface area contributed by atoms with Crippen molar-refractivity contribution in [3.8, 4) is 0 Å². The molecule has 24 heavy (non-hydrogen) atoms. The van der Waals surface area contributed by atoms with E-state index in [2.05, 4.69) is 13.8 Å². The van der Waals surface area contributed by atoms with Crippen molar-refractivity contribution in [2.45, 2.75) is 82.1 Å². The summed E-state index contributed by atoms with van der Waals surface area (Å²) in [6.07, 6.45) is -0.640. The third-order valence-electron chi connectivity index (χ3n) is 5.20. The highest BCUT2D eigenvalue weighted by atomic mass is 16.8. The largest absolute Gasteiger partial charge is 0.388 e. The SMILES string of the molecule is CO[C@@H]1[C@H](O)CO[C@]2(COC(C)(C)O2)[C@@]1(O)[C@@H]1O[C@@H]1CCC(C)C. The molecule has 0 bridgehead atoms. The molecule has 2 N–H and O–H groups in total. The highest BCUT2D eigenvalue weighted by Crippen LogP contribution is 2.52. The van der Waals surface area contributed by atoms with Gasteiger partial charge in [0.15, 0.2) is 11.4 Å². The first-order valence-corrected chi connectivity index (χ1v) is 8.72. The van der Waals surface area contributed by atoms with Crippen molar-refractivity contribution in [3.05, 3.63) is 0 Å². The second-order valence-electron chi connectivity index (χ2n) is 7.97. The number of hydrogen-bond acceptors (Lipinski definition) is 7. The zero-order valence-corrected chi connectivity index (χ0v) is 15.2. The van der Waals surface area contributed by atoms with Crippen molar-refractivity contribution in [2.75, 3.05) is 20.3 Å². The summed E-state index contributed by atoms with van der Waals surface area (Å²) in [5, 5.41) is 21.9. The molecule has 0 unspecified atom stereocenters. The Hall–Kier alpha value is -0.280. The van der Waals surface area contributed by atoms with E-state index < -0.39 is 35.5 Å². The number of epoxide rings is 1. The molecule has 0 radical (unpaired) electrons. The molecule has 0 aromatic rings. The van der Waals surface area contributed by atoms with Gasteiger partial charge in [-0.25, -0.2) is 0 Å². The summed E-state index contributed by atoms with van der Waals surface area (Å²) in [5.41, 5.74) is -1.64. The van der Waals surface area contributed by atoms with Gasteiger partial charge in [0, 0.05) is 7.11 Å². The molecule has 7 heteroatoms. The van der Waals surface area contributed by atoms with Crippen LogP contribution in [0.25, 0.3) is 0 Å². The summed E-state index contributed by atoms with van der Waals surface area (Å²) in [4.78, 5) is 0. The van der Waals surface area contributed by atoms with E-state index in [1.54, 1.807) is 13.8 Å². The van der Waals surface area contributed by atoms with Crippen LogP contribution in [0.3, 0.4) is 0 Å². The predicted molar refractivity (Wildman–Crippen MR) is 84.3 cm³/mol. The second kappa shape index (κ2) is 6.16. The van der Waals surface area contributed by atoms with Crippen molar-refractivity contribution in [1.82, 2.24) is 0 Å². The maximum atomic E-state index is 11.6. The van der Waals surface area contributed by atoms with Gasteiger partial charge in [0.05, 0.1) is 12.7 Å². The molecule has 6 atom stereocenters. The Morgan fingerprint density at radius 2 is 1.96 bits per heavy atom. The monoisotopic (exact) mass is 346 g/mol. The number of aliphatic hydroxyl groups is 2. The van der Waals surface area contributed by atoms with E-state index in [0.29, 0.717) is 5.92 Å². The molecule has 0 saturated carbocycles. The van der Waals surface area contributed by atoms with E-state index in [4.69, 9.17) is 23.7 Å². The normalized spacial score (nSPS) is 47.5. The Morgan fingerprint density at radius 1 is 1.25 bits per heavy atom. The maximum absolute atomic E-state index is 11.6. The average Bonchev–Trinajstić information content (AvgIpc) is 3.21. The summed E-state index contributed by atoms with van der Waals surface area (Å²) < 4.78 is 28.7. The first kappa shape index (κ1) is 18.5. The molecule has 0 aromatic carbocycles. The average molecular weight is 346 g/mol. The summed E-state index contributed by atoms with van der Waals surface area (Å²) >= 11 is 0. The third kappa shape index (κ3) is 2.90. The Morgan fingerprint density at radius 3 is 2.50 bits per heavy atom. The molecule has 7 nitrogen and oxygen atoms in total. The Labute approximate surface area is 143 Å². The molecule has 3 saturated heterocycles. The molecule has 0 aliphatic carbocycles. The fraction of sp³-hybridized carbons (Fsp3) is 1.00. The molecule has 1 spiro atoms. The van der Waals surface area contributed by atoms with Crippen LogP contribution in [0.2, 0.25) is 0 Å². The molecular weight excluding hydrogens is 316 g/mol. The Bertz CT molecular complexity index is 468. The van der Waals surface area contributed by atoms with Crippen molar-refractivity contribution >= 4 is 0 Å². The van der Waals surface area contributed by atoms with Crippen LogP contribution in [0.15, 0.2) is 0 Å². The number of aliphatic hydroxyl groups excluding tert-OH is 1. The lowest BCUT2D eigenvalue weighted by molar-refractivity contribution is -0.383. The number of rotatable bonds is 5. The molecule has 140 valence electrons. The van der Waals surface area contributed by atoms with Crippen molar-refractivity contribution in [1.29, 1.82) is 0 Å². The lowest BCUT2D eigenvalue weighted by Crippen LogP contribution is -2.74. The third-order valence-corrected chi connectivity index (χ3v) is 5.20. The Kier molecular flexibility index (Phi) is 4.75. The van der Waals surface area contributed by atoms with Gasteiger partial charge in [-0.15, -0.1) is 0 Å². The molecule has 3 aliphatic rings. The van der Waals surface area contributed by atoms with Gasteiger partial charge in [0.1, 0.15) is 24.9 Å². The topological polar surface area (TPSA) is 89.9 Å². The van der Waals surface area contributed by atoms with Gasteiger partial charge in [0.25, 0.3) is 0 Å². The van der Waals surface area contributed by atoms with Crippen LogP contribution in [-0.4, -0.2) is 72.1 Å². The van der Waals surface area contributed by atoms with Gasteiger partial charge in [-0.3, -0.25) is 0 Å². The van der Waals surface area contributed by atoms with E-state index >= 15 is 0 Å². The van der Waals surface area contributed by atoms with E-state index in [0.717, 1.165) is 12.8 Å². The van der Waals surface area contributed by atoms with Crippen LogP contribution >= 0.6 is 0 Å². The van der Waals surface area contributed by atoms with E-state index in [-0.39, 0.29) is 19.3 Å². The fourth-order valence-corrected chi connectivity index (χ4v) is 3.89. The van der Waals surface area contributed by atoms with Gasteiger partial charge in [0.2, 0.25) is 5.79 Å². The van der Waals surface area contributed by atoms with E-state index in [9.17, 15) is 10.2 Å². The summed E-state index contributed by atoms with van der Waals surface area (Å²) in [6, 6.07) is 0. The highest BCUT2D eigenvalue weighted by Gasteiger charge is 2.75. The van der Waals surface area contributed by atoms with Crippen LogP contribution in [0.4, 0.5) is 0 Å². The minimum Gasteiger partial charge on any atom is -0.388 e. The van der Waals surface area contributed by atoms with Gasteiger partial charge >= 0.3 is 0 Å². The lowest BCUT2D eigenvalue weighted by Gasteiger charge is -2.51. The Balaban J connectivity index is 1.86. The fourth-order valence-electron chi connectivity index (χ4n) is 3.89. The first-order chi connectivity index (χ1) is 11.2. The first-order valence-electron chi connectivity index (χ1n) is 8.72. The van der Waals surface area contributed by atoms with Crippen molar-refractivity contribution < 1.29 is 33.9 Å². The van der Waals surface area contributed by atoms with Gasteiger partial charge < -0.3 is 33.9 Å². The molecule has 3 heterocycles. The number of methoxy groups -OCH3 is 1. The highest BCUT2D eigenvalue weighted by molar-refractivity contribution is 5.18. The van der Waals surface area contributed by atoms with Gasteiger partial charge in [-0.2, -0.15) is 0 Å². The molecule has 3 fully saturated rings. The smallest absolute Gasteiger partial charge is 0.229 e. The molecule has 3 aliphatic heterocycles. The lowest BCUT2D eigenvalue weighted by atomic mass is 9.77. The van der Waals surface area contributed by atoms with Crippen LogP contribution in [0.5, 0.6) is 0 Å². The van der Waals surface area contributed by atoms with E-state index in [1.807, 2.05) is 0 Å². The predicted octanol–water partition coefficient (Wildman–Crippen LogP) is 0.806. The van der Waals surface area contributed by atoms with Gasteiger partial charge in [-0.1, -0.05) is 13.8 Å². The van der Waals surface area contributed by atoms with Crippen LogP contribution < -0.4 is 0 Å². The number of hydrogen-bond donors (Lipinski definition) is 2. The number of ether oxygens (including phenoxy) is 5. The van der Waals surface area contributed by atoms with Crippen LogP contribution in [0, 0.1) is 5.92 Å². The summed E-state index contributed by atoms with van der Waals surface area (Å²) in [7, 11) is 1.46. The molecule has 0 aromatic heterocycles. The maximum Gasteiger partial charge on any atom is 0.229 e. The van der Waals surface area contributed by atoms with Crippen molar-refractivity contribution in [3.63, 3.8) is 0 Å². The molecular formula is C17H30O7. The van der Waals surface area contributed by atoms with E-state index in [1.165, 1.54) is 7.11 Å². The quantitative estimate of drug-likeness (QED) is 0.712.